The van der Waals surface area contributed by atoms with Crippen LogP contribution in [0.5, 0.6) is 11.5 Å². The van der Waals surface area contributed by atoms with Crippen molar-refractivity contribution in [2.24, 2.45) is 0 Å². The maximum atomic E-state index is 12.1. The maximum absolute atomic E-state index is 12.1. The van der Waals surface area contributed by atoms with Crippen LogP contribution in [0.3, 0.4) is 0 Å². The summed E-state index contributed by atoms with van der Waals surface area (Å²) in [6.45, 7) is 0.219. The number of hydrogen-bond acceptors (Lipinski definition) is 5. The Balaban J connectivity index is 1.29. The molecule has 0 atom stereocenters. The molecular weight excluding hydrogens is 348 g/mol. The predicted molar refractivity (Wildman–Crippen MR) is 97.3 cm³/mol. The molecule has 7 nitrogen and oxygen atoms in total. The van der Waals surface area contributed by atoms with E-state index in [0.717, 1.165) is 16.3 Å². The lowest BCUT2D eigenvalue weighted by Gasteiger charge is -2.09. The van der Waals surface area contributed by atoms with Gasteiger partial charge < -0.3 is 14.2 Å². The molecule has 2 amide bonds. The third kappa shape index (κ3) is 3.77. The zero-order chi connectivity index (χ0) is 18.6. The molecule has 3 aromatic rings. The number of hydrogen-bond donors (Lipinski definition) is 2. The summed E-state index contributed by atoms with van der Waals surface area (Å²) in [5, 5.41) is 2.18. The van der Waals surface area contributed by atoms with E-state index in [1.807, 2.05) is 42.5 Å². The van der Waals surface area contributed by atoms with Crippen LogP contribution in [0.1, 0.15) is 15.9 Å². The Morgan fingerprint density at radius 3 is 2.59 bits per heavy atom. The Morgan fingerprint density at radius 2 is 1.70 bits per heavy atom. The van der Waals surface area contributed by atoms with Crippen molar-refractivity contribution in [3.05, 3.63) is 71.8 Å². The van der Waals surface area contributed by atoms with E-state index in [9.17, 15) is 9.59 Å². The summed E-state index contributed by atoms with van der Waals surface area (Å²) in [4.78, 5) is 23.9. The molecule has 1 aliphatic heterocycles. The van der Waals surface area contributed by atoms with Crippen LogP contribution in [0.2, 0.25) is 0 Å². The number of hydrazine groups is 1. The normalized spacial score (nSPS) is 11.9. The van der Waals surface area contributed by atoms with Crippen LogP contribution in [0.15, 0.2) is 60.7 Å². The molecule has 0 saturated heterocycles. The molecule has 0 fully saturated rings. The number of fused-ring (bicyclic) bond motifs is 2. The number of rotatable bonds is 3. The second kappa shape index (κ2) is 7.25. The van der Waals surface area contributed by atoms with Gasteiger partial charge in [-0.25, -0.2) is 10.2 Å². The van der Waals surface area contributed by atoms with E-state index in [-0.39, 0.29) is 13.4 Å². The SMILES string of the molecule is O=C(NNC(=O)c1ccc2c(c1)OCO2)OCc1ccc2ccccc2c1. The summed E-state index contributed by atoms with van der Waals surface area (Å²) in [6.07, 6.45) is -0.753. The zero-order valence-electron chi connectivity index (χ0n) is 14.2. The van der Waals surface area contributed by atoms with Gasteiger partial charge in [0.2, 0.25) is 6.79 Å². The Labute approximate surface area is 154 Å². The molecule has 0 spiro atoms. The highest BCUT2D eigenvalue weighted by Gasteiger charge is 2.16. The number of carbonyl (C=O) groups is 2. The predicted octanol–water partition coefficient (Wildman–Crippen LogP) is 3.14. The van der Waals surface area contributed by atoms with Gasteiger partial charge in [-0.3, -0.25) is 10.2 Å². The molecular formula is C20H16N2O5. The highest BCUT2D eigenvalue weighted by Crippen LogP contribution is 2.32. The van der Waals surface area contributed by atoms with Crippen LogP contribution in [-0.4, -0.2) is 18.8 Å². The molecule has 0 saturated carbocycles. The molecule has 1 heterocycles. The molecule has 1 aliphatic rings. The van der Waals surface area contributed by atoms with Gasteiger partial charge in [0.15, 0.2) is 11.5 Å². The third-order valence-electron chi connectivity index (χ3n) is 4.10. The molecule has 0 unspecified atom stereocenters. The van der Waals surface area contributed by atoms with Crippen molar-refractivity contribution in [2.45, 2.75) is 6.61 Å². The number of amides is 2. The average molecular weight is 364 g/mol. The monoisotopic (exact) mass is 364 g/mol. The van der Waals surface area contributed by atoms with Crippen LogP contribution in [-0.2, 0) is 11.3 Å². The highest BCUT2D eigenvalue weighted by atomic mass is 16.7. The molecule has 0 aromatic heterocycles. The lowest BCUT2D eigenvalue weighted by atomic mass is 10.1. The van der Waals surface area contributed by atoms with E-state index in [1.54, 1.807) is 18.2 Å². The average Bonchev–Trinajstić information content (AvgIpc) is 3.18. The van der Waals surface area contributed by atoms with Gasteiger partial charge in [0, 0.05) is 5.56 Å². The second-order valence-corrected chi connectivity index (χ2v) is 5.90. The Bertz CT molecular complexity index is 1020. The van der Waals surface area contributed by atoms with Crippen molar-refractivity contribution in [2.75, 3.05) is 6.79 Å². The van der Waals surface area contributed by atoms with E-state index in [2.05, 4.69) is 10.9 Å². The first-order valence-corrected chi connectivity index (χ1v) is 8.29. The minimum Gasteiger partial charge on any atom is -0.454 e. The van der Waals surface area contributed by atoms with Crippen LogP contribution < -0.4 is 20.3 Å². The van der Waals surface area contributed by atoms with E-state index in [0.29, 0.717) is 17.1 Å². The van der Waals surface area contributed by atoms with Crippen molar-refractivity contribution in [1.29, 1.82) is 0 Å². The molecule has 3 aromatic carbocycles. The number of ether oxygens (including phenoxy) is 3. The third-order valence-corrected chi connectivity index (χ3v) is 4.10. The topological polar surface area (TPSA) is 85.9 Å². The van der Waals surface area contributed by atoms with Crippen molar-refractivity contribution in [1.82, 2.24) is 10.9 Å². The molecule has 2 N–H and O–H groups in total. The fraction of sp³-hybridized carbons (Fsp3) is 0.100. The molecule has 7 heteroatoms. The van der Waals surface area contributed by atoms with E-state index in [1.165, 1.54) is 0 Å². The summed E-state index contributed by atoms with van der Waals surface area (Å²) in [5.74, 6) is 0.576. The summed E-state index contributed by atoms with van der Waals surface area (Å²) in [5.41, 5.74) is 5.70. The van der Waals surface area contributed by atoms with Crippen molar-refractivity contribution < 1.29 is 23.8 Å². The first kappa shape index (κ1) is 16.7. The number of carbonyl (C=O) groups excluding carboxylic acids is 2. The molecule has 4 rings (SSSR count). The van der Waals surface area contributed by atoms with Crippen molar-refractivity contribution >= 4 is 22.8 Å². The minimum atomic E-state index is -0.753. The van der Waals surface area contributed by atoms with E-state index < -0.39 is 12.0 Å². The first-order chi connectivity index (χ1) is 13.2. The van der Waals surface area contributed by atoms with Gasteiger partial charge in [-0.05, 0) is 40.6 Å². The molecule has 27 heavy (non-hydrogen) atoms. The van der Waals surface area contributed by atoms with Crippen LogP contribution in [0.25, 0.3) is 10.8 Å². The second-order valence-electron chi connectivity index (χ2n) is 5.90. The number of benzene rings is 3. The first-order valence-electron chi connectivity index (χ1n) is 8.29. The van der Waals surface area contributed by atoms with E-state index >= 15 is 0 Å². The fourth-order valence-corrected chi connectivity index (χ4v) is 2.73. The van der Waals surface area contributed by atoms with Gasteiger partial charge in [0.05, 0.1) is 0 Å². The van der Waals surface area contributed by atoms with Gasteiger partial charge in [-0.2, -0.15) is 0 Å². The number of nitrogens with one attached hydrogen (secondary N) is 2. The van der Waals surface area contributed by atoms with E-state index in [4.69, 9.17) is 14.2 Å². The lowest BCUT2D eigenvalue weighted by molar-refractivity contribution is 0.0904. The highest BCUT2D eigenvalue weighted by molar-refractivity contribution is 5.95. The largest absolute Gasteiger partial charge is 0.454 e. The molecule has 0 bridgehead atoms. The summed E-state index contributed by atoms with van der Waals surface area (Å²) in [6, 6.07) is 18.5. The van der Waals surface area contributed by atoms with Crippen LogP contribution in [0, 0.1) is 0 Å². The van der Waals surface area contributed by atoms with Crippen LogP contribution >= 0.6 is 0 Å². The lowest BCUT2D eigenvalue weighted by Crippen LogP contribution is -2.41. The standard InChI is InChI=1S/C20H16N2O5/c23-19(16-7-8-17-18(10-16)27-12-26-17)21-22-20(24)25-11-13-5-6-14-3-1-2-4-15(14)9-13/h1-10H,11-12H2,(H,21,23)(H,22,24). The van der Waals surface area contributed by atoms with Gasteiger partial charge >= 0.3 is 6.09 Å². The quantitative estimate of drug-likeness (QED) is 0.698. The summed E-state index contributed by atoms with van der Waals surface area (Å²) < 4.78 is 15.5. The zero-order valence-corrected chi connectivity index (χ0v) is 14.2. The molecule has 136 valence electrons. The Morgan fingerprint density at radius 1 is 0.889 bits per heavy atom. The van der Waals surface area contributed by atoms with Gasteiger partial charge in [0.25, 0.3) is 5.91 Å². The smallest absolute Gasteiger partial charge is 0.426 e. The minimum absolute atomic E-state index is 0.0938. The Kier molecular flexibility index (Phi) is 4.49. The van der Waals surface area contributed by atoms with Gasteiger partial charge in [0.1, 0.15) is 6.61 Å². The fourth-order valence-electron chi connectivity index (χ4n) is 2.73. The Hall–Kier alpha value is -3.74. The summed E-state index contributed by atoms with van der Waals surface area (Å²) >= 11 is 0. The van der Waals surface area contributed by atoms with Gasteiger partial charge in [-0.1, -0.05) is 36.4 Å². The van der Waals surface area contributed by atoms with Gasteiger partial charge in [-0.15, -0.1) is 0 Å². The molecule has 0 aliphatic carbocycles. The van der Waals surface area contributed by atoms with Crippen molar-refractivity contribution in [3.63, 3.8) is 0 Å². The van der Waals surface area contributed by atoms with Crippen molar-refractivity contribution in [3.8, 4) is 11.5 Å². The molecule has 0 radical (unpaired) electrons. The summed E-state index contributed by atoms with van der Waals surface area (Å²) in [7, 11) is 0. The van der Waals surface area contributed by atoms with Crippen LogP contribution in [0.4, 0.5) is 4.79 Å². The maximum Gasteiger partial charge on any atom is 0.426 e.